The second-order valence-electron chi connectivity index (χ2n) is 6.87. The molecule has 1 amide bonds. The number of sulfonamides is 1. The molecular formula is C20H18ClN3O4S2. The average Bonchev–Trinajstić information content (AvgIpc) is 3.35. The molecule has 1 aliphatic rings. The number of carbonyl (C=O) groups excluding carboxylic acids is 1. The molecule has 1 aromatic carbocycles. The van der Waals surface area contributed by atoms with Crippen LogP contribution in [-0.2, 0) is 14.8 Å². The van der Waals surface area contributed by atoms with Crippen molar-refractivity contribution in [2.75, 3.05) is 10.0 Å². The number of rotatable bonds is 7. The molecule has 1 aliphatic carbocycles. The summed E-state index contributed by atoms with van der Waals surface area (Å²) in [5.74, 6) is 0.446. The number of hydrogen-bond acceptors (Lipinski definition) is 6. The zero-order valence-electron chi connectivity index (χ0n) is 15.9. The van der Waals surface area contributed by atoms with Crippen molar-refractivity contribution < 1.29 is 17.7 Å². The highest BCUT2D eigenvalue weighted by Gasteiger charge is 2.30. The van der Waals surface area contributed by atoms with Crippen LogP contribution in [0.4, 0.5) is 11.4 Å². The molecule has 0 saturated heterocycles. The second-order valence-corrected chi connectivity index (χ2v) is 10.3. The topological polar surface area (TPSA) is 101 Å². The molecular weight excluding hydrogens is 446 g/mol. The molecule has 1 fully saturated rings. The SMILES string of the molecule is Cc1noc(/C=C/c2ccc(S(=O)(=O)Nc3ccc(Cl)cc3)s2)c1NC(=O)C1CC1. The minimum absolute atomic E-state index is 0.0336. The van der Waals surface area contributed by atoms with E-state index in [-0.39, 0.29) is 16.0 Å². The molecule has 7 nitrogen and oxygen atoms in total. The molecule has 0 spiro atoms. The molecule has 3 aromatic rings. The number of nitrogens with one attached hydrogen (secondary N) is 2. The Morgan fingerprint density at radius 2 is 1.93 bits per heavy atom. The number of aromatic nitrogens is 1. The Morgan fingerprint density at radius 3 is 2.63 bits per heavy atom. The van der Waals surface area contributed by atoms with Crippen LogP contribution in [0.1, 0.15) is 29.2 Å². The normalized spacial score (nSPS) is 14.2. The van der Waals surface area contributed by atoms with E-state index in [1.54, 1.807) is 49.4 Å². The van der Waals surface area contributed by atoms with E-state index in [4.69, 9.17) is 16.1 Å². The van der Waals surface area contributed by atoms with Gasteiger partial charge in [-0.2, -0.15) is 0 Å². The van der Waals surface area contributed by atoms with Gasteiger partial charge in [0.05, 0.1) is 0 Å². The zero-order chi connectivity index (χ0) is 21.3. The summed E-state index contributed by atoms with van der Waals surface area (Å²) in [6.07, 6.45) is 5.19. The monoisotopic (exact) mass is 463 g/mol. The highest BCUT2D eigenvalue weighted by Crippen LogP contribution is 2.32. The number of benzene rings is 1. The summed E-state index contributed by atoms with van der Waals surface area (Å²) in [5, 5.41) is 7.29. The largest absolute Gasteiger partial charge is 0.354 e. The van der Waals surface area contributed by atoms with Gasteiger partial charge in [0.2, 0.25) is 5.91 Å². The number of amides is 1. The summed E-state index contributed by atoms with van der Waals surface area (Å²) in [6.45, 7) is 1.75. The Morgan fingerprint density at radius 1 is 1.20 bits per heavy atom. The van der Waals surface area contributed by atoms with Gasteiger partial charge >= 0.3 is 0 Å². The van der Waals surface area contributed by atoms with Gasteiger partial charge in [0.25, 0.3) is 10.0 Å². The summed E-state index contributed by atoms with van der Waals surface area (Å²) in [6, 6.07) is 9.64. The van der Waals surface area contributed by atoms with Crippen molar-refractivity contribution in [2.45, 2.75) is 24.0 Å². The standard InChI is InChI=1S/C20H18ClN3O4S2/c1-12-19(22-20(25)13-2-3-13)17(28-23-12)10-8-16-9-11-18(29-16)30(26,27)24-15-6-4-14(21)5-7-15/h4-11,13,24H,2-3H2,1H3,(H,22,25)/b10-8+. The van der Waals surface area contributed by atoms with Crippen molar-refractivity contribution in [1.29, 1.82) is 0 Å². The lowest BCUT2D eigenvalue weighted by atomic mass is 10.2. The van der Waals surface area contributed by atoms with E-state index in [9.17, 15) is 13.2 Å². The summed E-state index contributed by atoms with van der Waals surface area (Å²) < 4.78 is 33.2. The number of thiophene rings is 1. The van der Waals surface area contributed by atoms with Gasteiger partial charge in [0.15, 0.2) is 5.76 Å². The number of aryl methyl sites for hydroxylation is 1. The number of hydrogen-bond donors (Lipinski definition) is 2. The Hall–Kier alpha value is -2.62. The number of anilines is 2. The number of nitrogens with zero attached hydrogens (tertiary/aromatic N) is 1. The molecule has 156 valence electrons. The molecule has 0 unspecified atom stereocenters. The van der Waals surface area contributed by atoms with Crippen LogP contribution in [0, 0.1) is 12.8 Å². The fourth-order valence-electron chi connectivity index (χ4n) is 2.67. The highest BCUT2D eigenvalue weighted by atomic mass is 35.5. The van der Waals surface area contributed by atoms with E-state index >= 15 is 0 Å². The molecule has 0 radical (unpaired) electrons. The highest BCUT2D eigenvalue weighted by molar-refractivity contribution is 7.94. The Kier molecular flexibility index (Phi) is 5.68. The van der Waals surface area contributed by atoms with Gasteiger partial charge in [-0.3, -0.25) is 9.52 Å². The molecule has 4 rings (SSSR count). The molecule has 2 N–H and O–H groups in total. The average molecular weight is 464 g/mol. The van der Waals surface area contributed by atoms with E-state index in [0.717, 1.165) is 24.2 Å². The maximum Gasteiger partial charge on any atom is 0.271 e. The van der Waals surface area contributed by atoms with E-state index in [1.165, 1.54) is 6.07 Å². The molecule has 1 saturated carbocycles. The lowest BCUT2D eigenvalue weighted by Crippen LogP contribution is -2.14. The zero-order valence-corrected chi connectivity index (χ0v) is 18.3. The van der Waals surface area contributed by atoms with Gasteiger partial charge in [0, 0.05) is 21.5 Å². The lowest BCUT2D eigenvalue weighted by molar-refractivity contribution is -0.117. The Bertz CT molecular complexity index is 1210. The molecule has 0 aliphatic heterocycles. The molecule has 0 bridgehead atoms. The van der Waals surface area contributed by atoms with E-state index in [2.05, 4.69) is 15.2 Å². The first-order valence-electron chi connectivity index (χ1n) is 9.15. The van der Waals surface area contributed by atoms with Crippen LogP contribution in [0.2, 0.25) is 5.02 Å². The van der Waals surface area contributed by atoms with Crippen LogP contribution in [0.15, 0.2) is 45.1 Å². The first-order valence-corrected chi connectivity index (χ1v) is 11.8. The van der Waals surface area contributed by atoms with Crippen molar-refractivity contribution in [3.63, 3.8) is 0 Å². The fourth-order valence-corrected chi connectivity index (χ4v) is 5.09. The number of carbonyl (C=O) groups is 1. The van der Waals surface area contributed by atoms with Crippen molar-refractivity contribution in [2.24, 2.45) is 5.92 Å². The minimum Gasteiger partial charge on any atom is -0.354 e. The third kappa shape index (κ3) is 4.75. The molecule has 0 atom stereocenters. The van der Waals surface area contributed by atoms with Crippen molar-refractivity contribution in [3.05, 3.63) is 57.8 Å². The molecule has 2 aromatic heterocycles. The Balaban J connectivity index is 1.48. The van der Waals surface area contributed by atoms with Gasteiger partial charge in [-0.15, -0.1) is 11.3 Å². The molecule has 10 heteroatoms. The van der Waals surface area contributed by atoms with Gasteiger partial charge in [-0.25, -0.2) is 8.42 Å². The van der Waals surface area contributed by atoms with E-state index in [1.807, 2.05) is 0 Å². The number of halogens is 1. The van der Waals surface area contributed by atoms with Crippen LogP contribution in [0.25, 0.3) is 12.2 Å². The summed E-state index contributed by atoms with van der Waals surface area (Å²) >= 11 is 6.94. The maximum atomic E-state index is 12.6. The summed E-state index contributed by atoms with van der Waals surface area (Å²) in [4.78, 5) is 12.8. The van der Waals surface area contributed by atoms with Crippen molar-refractivity contribution in [1.82, 2.24) is 5.16 Å². The van der Waals surface area contributed by atoms with Crippen LogP contribution in [-0.4, -0.2) is 19.5 Å². The second kappa shape index (κ2) is 8.25. The van der Waals surface area contributed by atoms with Crippen LogP contribution in [0.3, 0.4) is 0 Å². The van der Waals surface area contributed by atoms with Crippen LogP contribution >= 0.6 is 22.9 Å². The van der Waals surface area contributed by atoms with Gasteiger partial charge in [-0.1, -0.05) is 16.8 Å². The fraction of sp³-hybridized carbons (Fsp3) is 0.200. The van der Waals surface area contributed by atoms with Gasteiger partial charge in [0.1, 0.15) is 15.6 Å². The maximum absolute atomic E-state index is 12.6. The predicted molar refractivity (Wildman–Crippen MR) is 118 cm³/mol. The lowest BCUT2D eigenvalue weighted by Gasteiger charge is -2.05. The van der Waals surface area contributed by atoms with Gasteiger partial charge in [-0.05, 0) is 68.3 Å². The van der Waals surface area contributed by atoms with E-state index < -0.39 is 10.0 Å². The smallest absolute Gasteiger partial charge is 0.271 e. The predicted octanol–water partition coefficient (Wildman–Crippen LogP) is 5.02. The third-order valence-electron chi connectivity index (χ3n) is 4.45. The van der Waals surface area contributed by atoms with Crippen LogP contribution < -0.4 is 10.0 Å². The minimum atomic E-state index is -3.71. The molecule has 2 heterocycles. The van der Waals surface area contributed by atoms with Crippen molar-refractivity contribution in [3.8, 4) is 0 Å². The summed E-state index contributed by atoms with van der Waals surface area (Å²) in [5.41, 5.74) is 1.56. The van der Waals surface area contributed by atoms with E-state index in [0.29, 0.717) is 32.7 Å². The van der Waals surface area contributed by atoms with Crippen molar-refractivity contribution >= 4 is 62.4 Å². The van der Waals surface area contributed by atoms with Gasteiger partial charge < -0.3 is 9.84 Å². The molecule has 30 heavy (non-hydrogen) atoms. The summed E-state index contributed by atoms with van der Waals surface area (Å²) in [7, 11) is -3.71. The first kappa shape index (κ1) is 20.6. The quantitative estimate of drug-likeness (QED) is 0.512. The van der Waals surface area contributed by atoms with Crippen LogP contribution in [0.5, 0.6) is 0 Å². The third-order valence-corrected chi connectivity index (χ3v) is 7.62. The first-order chi connectivity index (χ1) is 14.3. The Labute approximate surface area is 182 Å².